The number of hydrogen-bond acceptors (Lipinski definition) is 10. The molecule has 0 aliphatic carbocycles. The smallest absolute Gasteiger partial charge is 0.166 e. The number of thiophene rings is 2. The van der Waals surface area contributed by atoms with Crippen molar-refractivity contribution in [1.82, 2.24) is 49.0 Å². The molecule has 0 radical (unpaired) electrons. The molecule has 636 valence electrons. The fraction of sp³-hybridized carbons (Fsp3) is 0. The maximum atomic E-state index is 5.49. The molecule has 10 nitrogen and oxygen atoms in total. The zero-order valence-electron chi connectivity index (χ0n) is 73.3. The Hall–Kier alpha value is -17.7. The largest absolute Gasteiger partial charge is 0.309 e. The highest BCUT2D eigenvalue weighted by Gasteiger charge is 2.27. The van der Waals surface area contributed by atoms with Gasteiger partial charge in [-0.2, -0.15) is 0 Å². The van der Waals surface area contributed by atoms with Crippen molar-refractivity contribution in [2.45, 2.75) is 0 Å². The Balaban J connectivity index is 0.000000145. The summed E-state index contributed by atoms with van der Waals surface area (Å²) in [6.45, 7) is 0. The number of rotatable bonds is 16. The molecule has 18 aromatic carbocycles. The van der Waals surface area contributed by atoms with E-state index in [2.05, 4.69) is 373 Å². The molecule has 0 spiro atoms. The molecule has 0 N–H and O–H groups in total. The Kier molecular flexibility index (Phi) is 20.4. The summed E-state index contributed by atoms with van der Waals surface area (Å²) in [5.41, 5.74) is 29.0. The van der Waals surface area contributed by atoms with E-state index in [1.165, 1.54) is 79.3 Å². The van der Waals surface area contributed by atoms with E-state index in [1.807, 2.05) is 132 Å². The maximum Gasteiger partial charge on any atom is 0.166 e. The van der Waals surface area contributed by atoms with Crippen molar-refractivity contribution in [2.24, 2.45) is 0 Å². The minimum atomic E-state index is 0.552. The second kappa shape index (κ2) is 34.6. The van der Waals surface area contributed by atoms with Crippen molar-refractivity contribution in [3.05, 3.63) is 473 Å². The summed E-state index contributed by atoms with van der Waals surface area (Å²) in [6.07, 6.45) is 4.03. The van der Waals surface area contributed by atoms with Gasteiger partial charge in [0.05, 0.1) is 33.5 Å². The molecule has 0 atom stereocenters. The standard InChI is InChI=1S/2C62H39N5S/c1-6-19-40(20-7-1)44-35-45(41-21-8-2-9-22-41)37-46(36-44)47-38-53(62-65-60(42-23-10-3-11-24-42)64-61(66-62)43-25-12-4-13-26-43)57(63-39-47)52-31-18-30-49-50-33-34-55-56(59(50)68-58(49)52)51-29-16-17-32-54(51)67(55)48-27-14-5-15-28-48;1-6-18-40(19-7-1)45-34-46(41-20-8-2-9-21-41)36-47(35-45)48-37-53(62-65-60(42-22-10-3-11-23-42)64-61(66-62)43-24-12-4-13-25-43)58(63-39-48)44-30-31-50-51-32-33-55-57(59(51)68-56(50)38-44)52-28-16-17-29-54(52)67(55)49-26-14-5-15-27-49/h2*1-39H. The van der Waals surface area contributed by atoms with E-state index in [0.717, 1.165) is 139 Å². The van der Waals surface area contributed by atoms with Gasteiger partial charge < -0.3 is 9.13 Å². The van der Waals surface area contributed by atoms with Gasteiger partial charge in [-0.3, -0.25) is 9.97 Å². The number of hydrogen-bond donors (Lipinski definition) is 0. The predicted molar refractivity (Wildman–Crippen MR) is 566 cm³/mol. The third kappa shape index (κ3) is 14.8. The van der Waals surface area contributed by atoms with E-state index >= 15 is 0 Å². The van der Waals surface area contributed by atoms with Crippen molar-refractivity contribution >= 4 is 107 Å². The molecule has 8 heterocycles. The van der Waals surface area contributed by atoms with E-state index in [1.54, 1.807) is 0 Å². The average molecular weight is 1770 g/mol. The number of pyridine rings is 2. The number of para-hydroxylation sites is 4. The van der Waals surface area contributed by atoms with Crippen LogP contribution < -0.4 is 0 Å². The van der Waals surface area contributed by atoms with Gasteiger partial charge in [0.15, 0.2) is 34.9 Å². The van der Waals surface area contributed by atoms with E-state index in [9.17, 15) is 0 Å². The molecule has 0 aliphatic rings. The summed E-state index contributed by atoms with van der Waals surface area (Å²) in [7, 11) is 0. The van der Waals surface area contributed by atoms with Crippen LogP contribution in [0.4, 0.5) is 0 Å². The van der Waals surface area contributed by atoms with Crippen LogP contribution in [0, 0.1) is 0 Å². The van der Waals surface area contributed by atoms with Crippen LogP contribution in [0.2, 0.25) is 0 Å². The predicted octanol–water partition coefficient (Wildman–Crippen LogP) is 32.8. The highest BCUT2D eigenvalue weighted by atomic mass is 32.1. The number of fused-ring (bicyclic) bond motifs is 14. The number of benzene rings is 18. The molecule has 0 saturated carbocycles. The van der Waals surface area contributed by atoms with Crippen LogP contribution >= 0.6 is 22.7 Å². The van der Waals surface area contributed by atoms with Crippen LogP contribution in [0.1, 0.15) is 0 Å². The zero-order chi connectivity index (χ0) is 89.9. The van der Waals surface area contributed by atoms with Crippen LogP contribution in [0.5, 0.6) is 0 Å². The lowest BCUT2D eigenvalue weighted by molar-refractivity contribution is 1.07. The second-order valence-corrected chi connectivity index (χ2v) is 36.1. The number of aromatic nitrogens is 10. The Morgan fingerprint density at radius 1 is 0.169 bits per heavy atom. The Morgan fingerprint density at radius 3 is 0.868 bits per heavy atom. The second-order valence-electron chi connectivity index (χ2n) is 34.0. The lowest BCUT2D eigenvalue weighted by Crippen LogP contribution is -2.02. The lowest BCUT2D eigenvalue weighted by Gasteiger charge is -2.15. The van der Waals surface area contributed by atoms with Gasteiger partial charge in [-0.1, -0.05) is 358 Å². The first-order valence-electron chi connectivity index (χ1n) is 45.6. The third-order valence-electron chi connectivity index (χ3n) is 25.7. The molecule has 12 heteroatoms. The number of nitrogens with zero attached hydrogens (tertiary/aromatic N) is 10. The van der Waals surface area contributed by atoms with Crippen molar-refractivity contribution in [1.29, 1.82) is 0 Å². The molecule has 0 amide bonds. The summed E-state index contributed by atoms with van der Waals surface area (Å²) in [5.74, 6) is 3.50. The zero-order valence-corrected chi connectivity index (χ0v) is 75.0. The van der Waals surface area contributed by atoms with E-state index in [0.29, 0.717) is 34.9 Å². The summed E-state index contributed by atoms with van der Waals surface area (Å²) >= 11 is 3.67. The van der Waals surface area contributed by atoms with Crippen LogP contribution in [0.3, 0.4) is 0 Å². The molecule has 0 fully saturated rings. The first-order chi connectivity index (χ1) is 67.4. The summed E-state index contributed by atoms with van der Waals surface area (Å²) in [6, 6.07) is 162. The summed E-state index contributed by atoms with van der Waals surface area (Å²) < 4.78 is 9.64. The van der Waals surface area contributed by atoms with Crippen LogP contribution in [-0.2, 0) is 0 Å². The molecule has 0 aliphatic heterocycles. The Labute approximate surface area is 792 Å². The minimum Gasteiger partial charge on any atom is -0.309 e. The van der Waals surface area contributed by atoms with Gasteiger partial charge in [-0.05, 0) is 159 Å². The highest BCUT2D eigenvalue weighted by molar-refractivity contribution is 7.27. The molecule has 136 heavy (non-hydrogen) atoms. The van der Waals surface area contributed by atoms with Crippen molar-refractivity contribution in [2.75, 3.05) is 0 Å². The molecule has 0 saturated heterocycles. The van der Waals surface area contributed by atoms with E-state index in [-0.39, 0.29) is 0 Å². The fourth-order valence-corrected chi connectivity index (χ4v) is 22.0. The average Bonchev–Trinajstić information content (AvgIpc) is 1.56. The Morgan fingerprint density at radius 2 is 0.471 bits per heavy atom. The van der Waals surface area contributed by atoms with Gasteiger partial charge in [0.2, 0.25) is 0 Å². The third-order valence-corrected chi connectivity index (χ3v) is 28.2. The lowest BCUT2D eigenvalue weighted by atomic mass is 9.92. The Bertz CT molecular complexity index is 8820. The van der Waals surface area contributed by atoms with Gasteiger partial charge in [0.1, 0.15) is 0 Å². The first kappa shape index (κ1) is 80.4. The van der Waals surface area contributed by atoms with Gasteiger partial charge in [0, 0.05) is 141 Å². The molecule has 0 bridgehead atoms. The van der Waals surface area contributed by atoms with E-state index in [4.69, 9.17) is 39.9 Å². The topological polar surface area (TPSA) is 113 Å². The van der Waals surface area contributed by atoms with Crippen molar-refractivity contribution in [3.63, 3.8) is 0 Å². The first-order valence-corrected chi connectivity index (χ1v) is 47.2. The molecule has 26 aromatic rings. The van der Waals surface area contributed by atoms with Crippen molar-refractivity contribution in [3.8, 4) is 169 Å². The van der Waals surface area contributed by atoms with Crippen LogP contribution in [0.25, 0.3) is 253 Å². The summed E-state index contributed by atoms with van der Waals surface area (Å²) in [4.78, 5) is 42.2. The fourth-order valence-electron chi connectivity index (χ4n) is 19.3. The quantitative estimate of drug-likeness (QED) is 0.0940. The van der Waals surface area contributed by atoms with Gasteiger partial charge in [-0.25, -0.2) is 29.9 Å². The van der Waals surface area contributed by atoms with Gasteiger partial charge >= 0.3 is 0 Å². The molecule has 26 rings (SSSR count). The van der Waals surface area contributed by atoms with Gasteiger partial charge in [0.25, 0.3) is 0 Å². The minimum absolute atomic E-state index is 0.552. The monoisotopic (exact) mass is 1770 g/mol. The SMILES string of the molecule is c1ccc(-c2cc(-c3ccccc3)cc(-c3cnc(-c4ccc5c(c4)sc4c5ccc5c4c4ccccc4n5-c4ccccc4)c(-c4nc(-c5ccccc5)nc(-c5ccccc5)n4)c3)c2)cc1.c1ccc(-c2cc(-c3ccccc3)cc(-c3cnc(-c4cccc5c4sc4c5ccc5c4c4ccccc4n5-c4ccccc4)c(-c4nc(-c5ccccc5)nc(-c5ccccc5)n4)c3)c2)cc1. The summed E-state index contributed by atoms with van der Waals surface area (Å²) in [5, 5.41) is 9.86. The van der Waals surface area contributed by atoms with Crippen LogP contribution in [0.15, 0.2) is 473 Å². The molecular weight excluding hydrogens is 1690 g/mol. The van der Waals surface area contributed by atoms with Crippen LogP contribution in [-0.4, -0.2) is 49.0 Å². The normalized spacial score (nSPS) is 11.5. The molecule has 8 aromatic heterocycles. The molecule has 0 unspecified atom stereocenters. The molecular formula is C124H78N10S2. The van der Waals surface area contributed by atoms with E-state index < -0.39 is 0 Å². The van der Waals surface area contributed by atoms with Crippen molar-refractivity contribution < 1.29 is 0 Å². The maximum absolute atomic E-state index is 5.49. The van der Waals surface area contributed by atoms with Gasteiger partial charge in [-0.15, -0.1) is 22.7 Å². The highest BCUT2D eigenvalue weighted by Crippen LogP contribution is 2.51.